The lowest BCUT2D eigenvalue weighted by atomic mass is 10.1. The predicted octanol–water partition coefficient (Wildman–Crippen LogP) is 3.96. The molecule has 3 heteroatoms. The first-order chi connectivity index (χ1) is 9.16. The number of halogens is 1. The second-order valence-electron chi connectivity index (χ2n) is 4.79. The minimum absolute atomic E-state index is 0.0868. The lowest BCUT2D eigenvalue weighted by Gasteiger charge is -2.18. The van der Waals surface area contributed by atoms with Crippen LogP contribution >= 0.6 is 15.9 Å². The van der Waals surface area contributed by atoms with Crippen molar-refractivity contribution >= 4 is 27.5 Å². The summed E-state index contributed by atoms with van der Waals surface area (Å²) in [7, 11) is 0. The number of fused-ring (bicyclic) bond motifs is 1. The van der Waals surface area contributed by atoms with Gasteiger partial charge >= 0.3 is 0 Å². The van der Waals surface area contributed by atoms with Crippen molar-refractivity contribution in [2.45, 2.75) is 13.3 Å². The molecule has 2 aromatic rings. The molecule has 0 fully saturated rings. The third-order valence-corrected chi connectivity index (χ3v) is 4.06. The molecule has 1 aliphatic rings. The summed E-state index contributed by atoms with van der Waals surface area (Å²) in [6.07, 6.45) is 0.939. The van der Waals surface area contributed by atoms with Gasteiger partial charge in [0.15, 0.2) is 0 Å². The molecule has 0 atom stereocenters. The summed E-state index contributed by atoms with van der Waals surface area (Å²) in [4.78, 5) is 14.6. The first-order valence-corrected chi connectivity index (χ1v) is 7.12. The summed E-state index contributed by atoms with van der Waals surface area (Å²) in [6.45, 7) is 2.74. The number of carbonyl (C=O) groups is 1. The fraction of sp³-hybridized carbons (Fsp3) is 0.188. The van der Waals surface area contributed by atoms with Crippen LogP contribution in [0.4, 0.5) is 5.69 Å². The first-order valence-electron chi connectivity index (χ1n) is 6.33. The van der Waals surface area contributed by atoms with Crippen molar-refractivity contribution in [1.29, 1.82) is 0 Å². The van der Waals surface area contributed by atoms with Gasteiger partial charge in [-0.1, -0.05) is 40.2 Å². The van der Waals surface area contributed by atoms with E-state index in [1.807, 2.05) is 48.2 Å². The van der Waals surface area contributed by atoms with Gasteiger partial charge in [0.1, 0.15) is 0 Å². The molecule has 0 saturated heterocycles. The second-order valence-corrected chi connectivity index (χ2v) is 5.71. The number of benzene rings is 2. The van der Waals surface area contributed by atoms with Gasteiger partial charge in [-0.15, -0.1) is 0 Å². The van der Waals surface area contributed by atoms with Crippen molar-refractivity contribution in [2.24, 2.45) is 0 Å². The Kier molecular flexibility index (Phi) is 3.15. The Morgan fingerprint density at radius 2 is 2.00 bits per heavy atom. The molecule has 2 nitrogen and oxygen atoms in total. The molecule has 0 spiro atoms. The smallest absolute Gasteiger partial charge is 0.258 e. The highest BCUT2D eigenvalue weighted by molar-refractivity contribution is 9.10. The molecule has 0 saturated carbocycles. The number of nitrogens with zero attached hydrogens (tertiary/aromatic N) is 1. The van der Waals surface area contributed by atoms with E-state index in [0.717, 1.165) is 34.3 Å². The Labute approximate surface area is 121 Å². The number of hydrogen-bond acceptors (Lipinski definition) is 1. The van der Waals surface area contributed by atoms with E-state index in [-0.39, 0.29) is 5.91 Å². The normalized spacial score (nSPS) is 13.5. The van der Waals surface area contributed by atoms with Crippen LogP contribution < -0.4 is 4.90 Å². The standard InChI is InChI=1S/C16H14BrNO/c1-11-6-7-13(17)10-14(11)16(19)18-9-8-12-4-2-3-5-15(12)18/h2-7,10H,8-9H2,1H3. The summed E-state index contributed by atoms with van der Waals surface area (Å²) < 4.78 is 0.939. The largest absolute Gasteiger partial charge is 0.308 e. The van der Waals surface area contributed by atoms with Gasteiger partial charge in [-0.2, -0.15) is 0 Å². The van der Waals surface area contributed by atoms with Crippen molar-refractivity contribution in [2.75, 3.05) is 11.4 Å². The molecule has 2 aromatic carbocycles. The number of carbonyl (C=O) groups excluding carboxylic acids is 1. The molecule has 0 radical (unpaired) electrons. The zero-order valence-electron chi connectivity index (χ0n) is 10.7. The van der Waals surface area contributed by atoms with Gasteiger partial charge in [0, 0.05) is 22.3 Å². The van der Waals surface area contributed by atoms with Crippen LogP contribution in [0.3, 0.4) is 0 Å². The van der Waals surface area contributed by atoms with Gasteiger partial charge in [-0.25, -0.2) is 0 Å². The second kappa shape index (κ2) is 4.82. The van der Waals surface area contributed by atoms with E-state index in [0.29, 0.717) is 0 Å². The molecule has 1 amide bonds. The van der Waals surface area contributed by atoms with Crippen molar-refractivity contribution in [3.8, 4) is 0 Å². The molecule has 19 heavy (non-hydrogen) atoms. The van der Waals surface area contributed by atoms with Gasteiger partial charge in [0.05, 0.1) is 0 Å². The minimum atomic E-state index is 0.0868. The van der Waals surface area contributed by atoms with Crippen LogP contribution in [-0.4, -0.2) is 12.5 Å². The molecule has 3 rings (SSSR count). The van der Waals surface area contributed by atoms with Crippen LogP contribution in [0.5, 0.6) is 0 Å². The van der Waals surface area contributed by atoms with Crippen molar-refractivity contribution in [3.05, 3.63) is 63.6 Å². The molecule has 1 aliphatic heterocycles. The van der Waals surface area contributed by atoms with Crippen molar-refractivity contribution in [1.82, 2.24) is 0 Å². The van der Waals surface area contributed by atoms with Crippen molar-refractivity contribution in [3.63, 3.8) is 0 Å². The molecule has 96 valence electrons. The molecule has 0 unspecified atom stereocenters. The zero-order valence-corrected chi connectivity index (χ0v) is 12.3. The summed E-state index contributed by atoms with van der Waals surface area (Å²) in [5.41, 5.74) is 4.08. The highest BCUT2D eigenvalue weighted by atomic mass is 79.9. The molecule has 1 heterocycles. The third-order valence-electron chi connectivity index (χ3n) is 3.56. The molecular formula is C16H14BrNO. The van der Waals surface area contributed by atoms with E-state index < -0.39 is 0 Å². The fourth-order valence-electron chi connectivity index (χ4n) is 2.52. The van der Waals surface area contributed by atoms with Gasteiger partial charge in [-0.05, 0) is 42.7 Å². The topological polar surface area (TPSA) is 20.3 Å². The minimum Gasteiger partial charge on any atom is -0.308 e. The van der Waals surface area contributed by atoms with Crippen LogP contribution in [0.2, 0.25) is 0 Å². The number of para-hydroxylation sites is 1. The maximum atomic E-state index is 12.7. The lowest BCUT2D eigenvalue weighted by Crippen LogP contribution is -2.29. The van der Waals surface area contributed by atoms with E-state index >= 15 is 0 Å². The summed E-state index contributed by atoms with van der Waals surface area (Å²) >= 11 is 3.43. The molecule has 0 N–H and O–H groups in total. The maximum absolute atomic E-state index is 12.7. The third kappa shape index (κ3) is 2.19. The monoisotopic (exact) mass is 315 g/mol. The van der Waals surface area contributed by atoms with E-state index in [9.17, 15) is 4.79 Å². The summed E-state index contributed by atoms with van der Waals surface area (Å²) in [5.74, 6) is 0.0868. The number of aryl methyl sites for hydroxylation is 1. The van der Waals surface area contributed by atoms with E-state index in [2.05, 4.69) is 22.0 Å². The van der Waals surface area contributed by atoms with Crippen LogP contribution in [0.1, 0.15) is 21.5 Å². The Morgan fingerprint density at radius 3 is 2.84 bits per heavy atom. The molecule has 0 aliphatic carbocycles. The van der Waals surface area contributed by atoms with Crippen LogP contribution in [-0.2, 0) is 6.42 Å². The Morgan fingerprint density at radius 1 is 1.21 bits per heavy atom. The first kappa shape index (κ1) is 12.4. The number of rotatable bonds is 1. The van der Waals surface area contributed by atoms with Crippen LogP contribution in [0.25, 0.3) is 0 Å². The molecular weight excluding hydrogens is 302 g/mol. The fourth-order valence-corrected chi connectivity index (χ4v) is 2.88. The highest BCUT2D eigenvalue weighted by Crippen LogP contribution is 2.29. The quantitative estimate of drug-likeness (QED) is 0.780. The van der Waals surface area contributed by atoms with Crippen LogP contribution in [0, 0.1) is 6.92 Å². The Balaban J connectivity index is 2.00. The number of anilines is 1. The lowest BCUT2D eigenvalue weighted by molar-refractivity contribution is 0.0988. The Hall–Kier alpha value is -1.61. The van der Waals surface area contributed by atoms with Gasteiger partial charge < -0.3 is 4.90 Å². The van der Waals surface area contributed by atoms with Crippen LogP contribution in [0.15, 0.2) is 46.9 Å². The Bertz CT molecular complexity index is 651. The van der Waals surface area contributed by atoms with Crippen molar-refractivity contribution < 1.29 is 4.79 Å². The van der Waals surface area contributed by atoms with Gasteiger partial charge in [0.2, 0.25) is 0 Å². The molecule has 0 aromatic heterocycles. The average molecular weight is 316 g/mol. The van der Waals surface area contributed by atoms with E-state index in [1.165, 1.54) is 5.56 Å². The van der Waals surface area contributed by atoms with Gasteiger partial charge in [0.25, 0.3) is 5.91 Å². The predicted molar refractivity (Wildman–Crippen MR) is 80.7 cm³/mol. The zero-order chi connectivity index (χ0) is 13.4. The number of amides is 1. The summed E-state index contributed by atoms with van der Waals surface area (Å²) in [6, 6.07) is 14.0. The SMILES string of the molecule is Cc1ccc(Br)cc1C(=O)N1CCc2ccccc21. The average Bonchev–Trinajstić information content (AvgIpc) is 2.84. The van der Waals surface area contributed by atoms with Gasteiger partial charge in [-0.3, -0.25) is 4.79 Å². The van der Waals surface area contributed by atoms with E-state index in [1.54, 1.807) is 0 Å². The number of hydrogen-bond donors (Lipinski definition) is 0. The maximum Gasteiger partial charge on any atom is 0.258 e. The molecule has 0 bridgehead atoms. The van der Waals surface area contributed by atoms with E-state index in [4.69, 9.17) is 0 Å². The summed E-state index contributed by atoms with van der Waals surface area (Å²) in [5, 5.41) is 0. The highest BCUT2D eigenvalue weighted by Gasteiger charge is 2.25.